The lowest BCUT2D eigenvalue weighted by molar-refractivity contribution is 0.620. The van der Waals surface area contributed by atoms with Crippen LogP contribution in [0.25, 0.3) is 0 Å². The van der Waals surface area contributed by atoms with Crippen LogP contribution >= 0.6 is 0 Å². The van der Waals surface area contributed by atoms with E-state index in [0.29, 0.717) is 6.42 Å². The molecule has 2 rings (SSSR count). The second-order valence-electron chi connectivity index (χ2n) is 4.14. The lowest BCUT2D eigenvalue weighted by Crippen LogP contribution is -2.15. The Morgan fingerprint density at radius 2 is 2.00 bits per heavy atom. The zero-order valence-electron chi connectivity index (χ0n) is 9.73. The van der Waals surface area contributed by atoms with Crippen LogP contribution in [0.4, 0.5) is 4.39 Å². The number of halogens is 1. The van der Waals surface area contributed by atoms with Gasteiger partial charge in [0.2, 0.25) is 0 Å². The molecule has 0 bridgehead atoms. The molecule has 0 aliphatic rings. The maximum atomic E-state index is 13.0. The highest BCUT2D eigenvalue weighted by Crippen LogP contribution is 2.15. The molecule has 3 heteroatoms. The first-order valence-electron chi connectivity index (χ1n) is 5.59. The zero-order valence-corrected chi connectivity index (χ0v) is 9.73. The number of aryl methyl sites for hydroxylation is 1. The summed E-state index contributed by atoms with van der Waals surface area (Å²) < 4.78 is 13.0. The van der Waals surface area contributed by atoms with E-state index in [-0.39, 0.29) is 11.9 Å². The van der Waals surface area contributed by atoms with Crippen molar-refractivity contribution in [3.8, 4) is 0 Å². The largest absolute Gasteiger partial charge is 0.322 e. The van der Waals surface area contributed by atoms with E-state index in [2.05, 4.69) is 4.98 Å². The van der Waals surface area contributed by atoms with Crippen LogP contribution in [0.3, 0.4) is 0 Å². The minimum atomic E-state index is -0.230. The van der Waals surface area contributed by atoms with E-state index in [4.69, 9.17) is 5.73 Å². The van der Waals surface area contributed by atoms with Gasteiger partial charge in [-0.1, -0.05) is 18.2 Å². The summed E-state index contributed by atoms with van der Waals surface area (Å²) in [5.74, 6) is -0.230. The van der Waals surface area contributed by atoms with Gasteiger partial charge in [0.05, 0.1) is 11.7 Å². The third kappa shape index (κ3) is 3.11. The van der Waals surface area contributed by atoms with Gasteiger partial charge in [-0.25, -0.2) is 4.39 Å². The zero-order chi connectivity index (χ0) is 12.3. The predicted octanol–water partition coefficient (Wildman–Crippen LogP) is 2.77. The maximum absolute atomic E-state index is 13.0. The van der Waals surface area contributed by atoms with E-state index in [0.717, 1.165) is 17.0 Å². The number of nitrogens with zero attached hydrogens (tertiary/aromatic N) is 1. The van der Waals surface area contributed by atoms with Crippen molar-refractivity contribution in [2.45, 2.75) is 19.4 Å². The molecule has 2 aromatic rings. The van der Waals surface area contributed by atoms with Crippen molar-refractivity contribution in [1.82, 2.24) is 4.98 Å². The first-order chi connectivity index (χ1) is 8.15. The molecule has 0 fully saturated rings. The smallest absolute Gasteiger partial charge is 0.123 e. The summed E-state index contributed by atoms with van der Waals surface area (Å²) in [6.07, 6.45) is 0.591. The second kappa shape index (κ2) is 5.06. The standard InChI is InChI=1S/C14H15FN2/c1-10-4-2-7-14(17-10)13(16)9-11-5-3-6-12(15)8-11/h2-8,13H,9,16H2,1H3. The fourth-order valence-corrected chi connectivity index (χ4v) is 1.79. The molecule has 17 heavy (non-hydrogen) atoms. The van der Waals surface area contributed by atoms with E-state index in [1.165, 1.54) is 12.1 Å². The first kappa shape index (κ1) is 11.7. The fraction of sp³-hybridized carbons (Fsp3) is 0.214. The van der Waals surface area contributed by atoms with E-state index in [9.17, 15) is 4.39 Å². The summed E-state index contributed by atoms with van der Waals surface area (Å²) >= 11 is 0. The lowest BCUT2D eigenvalue weighted by Gasteiger charge is -2.11. The van der Waals surface area contributed by atoms with E-state index < -0.39 is 0 Å². The monoisotopic (exact) mass is 230 g/mol. The number of aromatic nitrogens is 1. The predicted molar refractivity (Wildman–Crippen MR) is 66.0 cm³/mol. The molecule has 1 heterocycles. The topological polar surface area (TPSA) is 38.9 Å². The molecule has 0 saturated carbocycles. The Balaban J connectivity index is 2.14. The second-order valence-corrected chi connectivity index (χ2v) is 4.14. The van der Waals surface area contributed by atoms with Crippen molar-refractivity contribution >= 4 is 0 Å². The van der Waals surface area contributed by atoms with Gasteiger partial charge in [-0.3, -0.25) is 4.98 Å². The van der Waals surface area contributed by atoms with Gasteiger partial charge in [-0.05, 0) is 43.2 Å². The highest BCUT2D eigenvalue weighted by atomic mass is 19.1. The SMILES string of the molecule is Cc1cccc(C(N)Cc2cccc(F)c2)n1. The van der Waals surface area contributed by atoms with Gasteiger partial charge >= 0.3 is 0 Å². The molecule has 1 unspecified atom stereocenters. The van der Waals surface area contributed by atoms with Crippen molar-refractivity contribution in [2.24, 2.45) is 5.73 Å². The van der Waals surface area contributed by atoms with Gasteiger partial charge in [-0.15, -0.1) is 0 Å². The fourth-order valence-electron chi connectivity index (χ4n) is 1.79. The summed E-state index contributed by atoms with van der Waals surface area (Å²) in [6.45, 7) is 1.93. The van der Waals surface area contributed by atoms with Crippen LogP contribution in [0.2, 0.25) is 0 Å². The van der Waals surface area contributed by atoms with Crippen molar-refractivity contribution in [1.29, 1.82) is 0 Å². The average molecular weight is 230 g/mol. The molecular weight excluding hydrogens is 215 g/mol. The molecule has 1 aromatic heterocycles. The van der Waals surface area contributed by atoms with Gasteiger partial charge < -0.3 is 5.73 Å². The molecule has 2 nitrogen and oxygen atoms in total. The molecule has 0 aliphatic heterocycles. The van der Waals surface area contributed by atoms with Crippen LogP contribution in [-0.4, -0.2) is 4.98 Å². The van der Waals surface area contributed by atoms with Crippen molar-refractivity contribution in [3.63, 3.8) is 0 Å². The Morgan fingerprint density at radius 3 is 2.71 bits per heavy atom. The van der Waals surface area contributed by atoms with E-state index in [1.807, 2.05) is 31.2 Å². The van der Waals surface area contributed by atoms with Gasteiger partial charge in [0.25, 0.3) is 0 Å². The van der Waals surface area contributed by atoms with E-state index in [1.54, 1.807) is 6.07 Å². The van der Waals surface area contributed by atoms with Gasteiger partial charge in [0.1, 0.15) is 5.82 Å². The van der Waals surface area contributed by atoms with Crippen LogP contribution in [0, 0.1) is 12.7 Å². The first-order valence-corrected chi connectivity index (χ1v) is 5.59. The van der Waals surface area contributed by atoms with Crippen LogP contribution < -0.4 is 5.73 Å². The summed E-state index contributed by atoms with van der Waals surface area (Å²) in [7, 11) is 0. The number of hydrogen-bond acceptors (Lipinski definition) is 2. The van der Waals surface area contributed by atoms with Crippen LogP contribution in [-0.2, 0) is 6.42 Å². The molecule has 88 valence electrons. The van der Waals surface area contributed by atoms with Crippen LogP contribution in [0.1, 0.15) is 23.0 Å². The molecule has 0 aliphatic carbocycles. The highest BCUT2D eigenvalue weighted by Gasteiger charge is 2.08. The van der Waals surface area contributed by atoms with Crippen molar-refractivity contribution in [3.05, 3.63) is 65.2 Å². The third-order valence-corrected chi connectivity index (χ3v) is 2.63. The highest BCUT2D eigenvalue weighted by molar-refractivity contribution is 5.21. The third-order valence-electron chi connectivity index (χ3n) is 2.63. The quantitative estimate of drug-likeness (QED) is 0.880. The minimum absolute atomic E-state index is 0.198. The molecule has 0 radical (unpaired) electrons. The maximum Gasteiger partial charge on any atom is 0.123 e. The van der Waals surface area contributed by atoms with Crippen molar-refractivity contribution in [2.75, 3.05) is 0 Å². The van der Waals surface area contributed by atoms with Gasteiger partial charge in [0, 0.05) is 5.69 Å². The summed E-state index contributed by atoms with van der Waals surface area (Å²) in [5.41, 5.74) is 8.73. The Labute approximate surface area is 100 Å². The number of rotatable bonds is 3. The Kier molecular flexibility index (Phi) is 3.49. The molecule has 1 aromatic carbocycles. The average Bonchev–Trinajstić information content (AvgIpc) is 2.29. The summed E-state index contributed by atoms with van der Waals surface area (Å²) in [5, 5.41) is 0. The minimum Gasteiger partial charge on any atom is -0.322 e. The Hall–Kier alpha value is -1.74. The normalized spacial score (nSPS) is 12.4. The molecule has 0 spiro atoms. The Bertz CT molecular complexity index is 511. The summed E-state index contributed by atoms with van der Waals surface area (Å²) in [4.78, 5) is 4.37. The van der Waals surface area contributed by atoms with Gasteiger partial charge in [0.15, 0.2) is 0 Å². The molecule has 2 N–H and O–H groups in total. The number of benzene rings is 1. The Morgan fingerprint density at radius 1 is 1.24 bits per heavy atom. The number of nitrogens with two attached hydrogens (primary N) is 1. The van der Waals surface area contributed by atoms with Crippen molar-refractivity contribution < 1.29 is 4.39 Å². The lowest BCUT2D eigenvalue weighted by atomic mass is 10.0. The molecular formula is C14H15FN2. The molecule has 1 atom stereocenters. The number of hydrogen-bond donors (Lipinski definition) is 1. The van der Waals surface area contributed by atoms with Gasteiger partial charge in [-0.2, -0.15) is 0 Å². The number of pyridine rings is 1. The van der Waals surface area contributed by atoms with E-state index >= 15 is 0 Å². The molecule has 0 saturated heterocycles. The molecule has 0 amide bonds. The van der Waals surface area contributed by atoms with Crippen LogP contribution in [0.15, 0.2) is 42.5 Å². The van der Waals surface area contributed by atoms with Crippen LogP contribution in [0.5, 0.6) is 0 Å². The summed E-state index contributed by atoms with van der Waals surface area (Å²) in [6, 6.07) is 12.1.